The Labute approximate surface area is 152 Å². The van der Waals surface area contributed by atoms with E-state index in [1.54, 1.807) is 19.2 Å². The van der Waals surface area contributed by atoms with Crippen LogP contribution >= 0.6 is 0 Å². The van der Waals surface area contributed by atoms with Gasteiger partial charge in [0.15, 0.2) is 6.17 Å². The lowest BCUT2D eigenvalue weighted by molar-refractivity contribution is 0.175. The molecule has 0 aromatic carbocycles. The normalized spacial score (nSPS) is 23.8. The van der Waals surface area contributed by atoms with Gasteiger partial charge in [0.1, 0.15) is 18.1 Å². The van der Waals surface area contributed by atoms with Gasteiger partial charge in [-0.1, -0.05) is 19.3 Å². The molecule has 0 radical (unpaired) electrons. The van der Waals surface area contributed by atoms with Gasteiger partial charge in [0.25, 0.3) is 5.88 Å². The van der Waals surface area contributed by atoms with E-state index in [2.05, 4.69) is 25.7 Å². The fraction of sp³-hybridized carbons (Fsp3) is 0.611. The number of ether oxygens (including phenoxy) is 1. The highest BCUT2D eigenvalue weighted by atomic mass is 19.1. The Kier molecular flexibility index (Phi) is 4.65. The molecule has 2 atom stereocenters. The van der Waals surface area contributed by atoms with Crippen LogP contribution in [-0.4, -0.2) is 38.6 Å². The summed E-state index contributed by atoms with van der Waals surface area (Å²) in [6.07, 6.45) is 6.39. The molecule has 2 aromatic rings. The van der Waals surface area contributed by atoms with Crippen LogP contribution in [0, 0.1) is 6.92 Å². The molecule has 26 heavy (non-hydrogen) atoms. The van der Waals surface area contributed by atoms with Crippen molar-refractivity contribution in [2.24, 2.45) is 0 Å². The van der Waals surface area contributed by atoms with E-state index < -0.39 is 12.2 Å². The number of rotatable bonds is 1. The third-order valence-electron chi connectivity index (χ3n) is 5.23. The van der Waals surface area contributed by atoms with Gasteiger partial charge in [-0.15, -0.1) is 5.10 Å². The summed E-state index contributed by atoms with van der Waals surface area (Å²) < 4.78 is 22.3. The maximum Gasteiger partial charge on any atom is 0.257 e. The van der Waals surface area contributed by atoms with Gasteiger partial charge in [0, 0.05) is 6.20 Å². The number of hydrogen-bond donors (Lipinski definition) is 2. The maximum atomic E-state index is 14.5. The topological polar surface area (TPSA) is 76.9 Å². The molecule has 8 heteroatoms. The standard InChI is InChI=1S/C18H25FN6O/c1-11-14(19)10-26-17-16(23-18-20-9-8-15(21-11)22-18)12(2)25(24-17)13-6-4-3-5-7-13/h8-9,11,13-14H,3-7,10H2,1-2H3,(H2,20,21,22,23). The molecule has 0 saturated heterocycles. The number of halogens is 1. The maximum absolute atomic E-state index is 14.5. The van der Waals surface area contributed by atoms with Gasteiger partial charge in [-0.2, -0.15) is 4.98 Å². The quantitative estimate of drug-likeness (QED) is 0.806. The third kappa shape index (κ3) is 3.32. The number of nitrogens with zero attached hydrogens (tertiary/aromatic N) is 4. The molecule has 0 spiro atoms. The molecule has 2 bridgehead atoms. The lowest BCUT2D eigenvalue weighted by Crippen LogP contribution is -2.32. The first-order valence-electron chi connectivity index (χ1n) is 9.34. The summed E-state index contributed by atoms with van der Waals surface area (Å²) in [5.74, 6) is 1.44. The summed E-state index contributed by atoms with van der Waals surface area (Å²) in [6, 6.07) is 1.66. The van der Waals surface area contributed by atoms with Crippen LogP contribution in [0.5, 0.6) is 5.88 Å². The van der Waals surface area contributed by atoms with Crippen molar-refractivity contribution in [3.8, 4) is 5.88 Å². The van der Waals surface area contributed by atoms with E-state index in [1.165, 1.54) is 19.3 Å². The zero-order chi connectivity index (χ0) is 18.1. The Morgan fingerprint density at radius 1 is 1.27 bits per heavy atom. The molecule has 2 unspecified atom stereocenters. The highest BCUT2D eigenvalue weighted by Gasteiger charge is 2.26. The van der Waals surface area contributed by atoms with E-state index in [0.29, 0.717) is 23.7 Å². The molecule has 4 rings (SSSR count). The molecular weight excluding hydrogens is 335 g/mol. The number of anilines is 3. The lowest BCUT2D eigenvalue weighted by Gasteiger charge is -2.23. The number of nitrogens with one attached hydrogen (secondary N) is 2. The molecular formula is C18H25FN6O. The molecule has 140 valence electrons. The Balaban J connectivity index is 1.72. The average molecular weight is 360 g/mol. The monoisotopic (exact) mass is 360 g/mol. The molecule has 2 aliphatic rings. The molecule has 1 saturated carbocycles. The van der Waals surface area contributed by atoms with E-state index in [0.717, 1.165) is 24.2 Å². The SMILES string of the molecule is Cc1c2c(nn1C1CCCCC1)OCC(F)C(C)Nc1ccnc(n1)N2. The summed E-state index contributed by atoms with van der Waals surface area (Å²) in [5, 5.41) is 10.9. The minimum atomic E-state index is -1.18. The fourth-order valence-corrected chi connectivity index (χ4v) is 3.66. The second kappa shape index (κ2) is 7.09. The zero-order valence-electron chi connectivity index (χ0n) is 15.2. The first kappa shape index (κ1) is 17.1. The minimum Gasteiger partial charge on any atom is -0.472 e. The van der Waals surface area contributed by atoms with Gasteiger partial charge in [-0.05, 0) is 32.8 Å². The molecule has 7 nitrogen and oxygen atoms in total. The first-order chi connectivity index (χ1) is 12.6. The summed E-state index contributed by atoms with van der Waals surface area (Å²) in [5.41, 5.74) is 1.69. The van der Waals surface area contributed by atoms with E-state index >= 15 is 0 Å². The molecule has 1 aliphatic heterocycles. The Morgan fingerprint density at radius 2 is 2.08 bits per heavy atom. The van der Waals surface area contributed by atoms with Crippen molar-refractivity contribution in [3.05, 3.63) is 18.0 Å². The highest BCUT2D eigenvalue weighted by molar-refractivity contribution is 5.64. The fourth-order valence-electron chi connectivity index (χ4n) is 3.66. The van der Waals surface area contributed by atoms with E-state index in [4.69, 9.17) is 4.74 Å². The van der Waals surface area contributed by atoms with Gasteiger partial charge < -0.3 is 15.4 Å². The van der Waals surface area contributed by atoms with Crippen molar-refractivity contribution < 1.29 is 9.13 Å². The molecule has 2 N–H and O–H groups in total. The summed E-state index contributed by atoms with van der Waals surface area (Å²) >= 11 is 0. The predicted molar refractivity (Wildman–Crippen MR) is 97.9 cm³/mol. The second-order valence-corrected chi connectivity index (χ2v) is 7.15. The summed E-state index contributed by atoms with van der Waals surface area (Å²) in [6.45, 7) is 3.72. The minimum absolute atomic E-state index is 0.0621. The molecule has 1 fully saturated rings. The van der Waals surface area contributed by atoms with Crippen LogP contribution < -0.4 is 15.4 Å². The zero-order valence-corrected chi connectivity index (χ0v) is 15.2. The van der Waals surface area contributed by atoms with Crippen LogP contribution in [0.3, 0.4) is 0 Å². The smallest absolute Gasteiger partial charge is 0.257 e. The van der Waals surface area contributed by atoms with Crippen LogP contribution in [0.4, 0.5) is 21.8 Å². The Bertz CT molecular complexity index is 773. The van der Waals surface area contributed by atoms with Crippen molar-refractivity contribution in [2.45, 2.75) is 64.2 Å². The van der Waals surface area contributed by atoms with Crippen LogP contribution in [0.1, 0.15) is 50.8 Å². The lowest BCUT2D eigenvalue weighted by atomic mass is 9.95. The van der Waals surface area contributed by atoms with Crippen LogP contribution in [0.25, 0.3) is 0 Å². The molecule has 0 amide bonds. The van der Waals surface area contributed by atoms with Crippen molar-refractivity contribution in [3.63, 3.8) is 0 Å². The van der Waals surface area contributed by atoms with Crippen LogP contribution in [0.2, 0.25) is 0 Å². The van der Waals surface area contributed by atoms with Crippen LogP contribution in [0.15, 0.2) is 12.3 Å². The molecule has 1 aliphatic carbocycles. The van der Waals surface area contributed by atoms with Crippen molar-refractivity contribution in [2.75, 3.05) is 17.2 Å². The van der Waals surface area contributed by atoms with Gasteiger partial charge in [0.05, 0.1) is 17.8 Å². The average Bonchev–Trinajstić information content (AvgIpc) is 2.95. The summed E-state index contributed by atoms with van der Waals surface area (Å²) in [4.78, 5) is 8.70. The number of alkyl halides is 1. The Morgan fingerprint density at radius 3 is 2.88 bits per heavy atom. The van der Waals surface area contributed by atoms with E-state index in [1.807, 2.05) is 11.6 Å². The molecule has 2 aromatic heterocycles. The van der Waals surface area contributed by atoms with Gasteiger partial charge >= 0.3 is 0 Å². The third-order valence-corrected chi connectivity index (χ3v) is 5.23. The largest absolute Gasteiger partial charge is 0.472 e. The van der Waals surface area contributed by atoms with Crippen molar-refractivity contribution in [1.82, 2.24) is 19.7 Å². The summed E-state index contributed by atoms with van der Waals surface area (Å²) in [7, 11) is 0. The highest BCUT2D eigenvalue weighted by Crippen LogP contribution is 2.36. The Hall–Kier alpha value is -2.38. The van der Waals surface area contributed by atoms with E-state index in [9.17, 15) is 4.39 Å². The first-order valence-corrected chi connectivity index (χ1v) is 9.34. The predicted octanol–water partition coefficient (Wildman–Crippen LogP) is 3.76. The van der Waals surface area contributed by atoms with Gasteiger partial charge in [-0.25, -0.2) is 9.37 Å². The van der Waals surface area contributed by atoms with Gasteiger partial charge in [0.2, 0.25) is 5.95 Å². The van der Waals surface area contributed by atoms with E-state index in [-0.39, 0.29) is 6.61 Å². The molecule has 3 heterocycles. The van der Waals surface area contributed by atoms with Gasteiger partial charge in [-0.3, -0.25) is 4.68 Å². The number of fused-ring (bicyclic) bond motifs is 3. The van der Waals surface area contributed by atoms with Crippen molar-refractivity contribution >= 4 is 17.5 Å². The van der Waals surface area contributed by atoms with Crippen LogP contribution in [-0.2, 0) is 0 Å². The van der Waals surface area contributed by atoms with Crippen molar-refractivity contribution in [1.29, 1.82) is 0 Å². The second-order valence-electron chi connectivity index (χ2n) is 7.15. The number of aromatic nitrogens is 4. The number of hydrogen-bond acceptors (Lipinski definition) is 6.